The van der Waals surface area contributed by atoms with Crippen molar-refractivity contribution in [1.82, 2.24) is 9.97 Å². The number of hydrogen-bond donors (Lipinski definition) is 2. The normalized spacial score (nSPS) is 10.9. The number of aliphatic hydroxyl groups is 1. The Kier molecular flexibility index (Phi) is 2.02. The summed E-state index contributed by atoms with van der Waals surface area (Å²) in [6.07, 6.45) is 2.50. The third kappa shape index (κ3) is 1.55. The molecule has 0 unspecified atom stereocenters. The van der Waals surface area contributed by atoms with Crippen LogP contribution in [0.1, 0.15) is 11.3 Å². The maximum absolute atomic E-state index is 8.76. The molecular weight excluding hydrogens is 164 g/mol. The van der Waals surface area contributed by atoms with Gasteiger partial charge < -0.3 is 10.1 Å². The van der Waals surface area contributed by atoms with Crippen molar-refractivity contribution in [2.45, 2.75) is 13.3 Å². The van der Waals surface area contributed by atoms with Crippen LogP contribution in [0.2, 0.25) is 0 Å². The minimum atomic E-state index is 0.172. The second kappa shape index (κ2) is 3.18. The van der Waals surface area contributed by atoms with Crippen LogP contribution in [0, 0.1) is 6.92 Å². The minimum Gasteiger partial charge on any atom is -0.396 e. The lowest BCUT2D eigenvalue weighted by Crippen LogP contribution is -1.89. The second-order valence-corrected chi connectivity index (χ2v) is 3.22. The van der Waals surface area contributed by atoms with Crippen LogP contribution in [0.3, 0.4) is 0 Å². The number of aromatic nitrogens is 2. The van der Waals surface area contributed by atoms with Crippen molar-refractivity contribution in [3.05, 3.63) is 29.6 Å². The maximum atomic E-state index is 8.76. The van der Waals surface area contributed by atoms with Gasteiger partial charge in [0.2, 0.25) is 0 Å². The van der Waals surface area contributed by atoms with E-state index in [4.69, 9.17) is 5.11 Å². The summed E-state index contributed by atoms with van der Waals surface area (Å²) in [4.78, 5) is 7.40. The summed E-state index contributed by atoms with van der Waals surface area (Å²) < 4.78 is 0. The third-order valence-corrected chi connectivity index (χ3v) is 2.04. The fourth-order valence-electron chi connectivity index (χ4n) is 1.44. The predicted octanol–water partition coefficient (Wildman–Crippen LogP) is 1.41. The van der Waals surface area contributed by atoms with Crippen LogP contribution in [-0.4, -0.2) is 21.7 Å². The molecule has 2 aromatic rings. The molecule has 0 saturated heterocycles. The first-order valence-corrected chi connectivity index (χ1v) is 4.34. The van der Waals surface area contributed by atoms with Gasteiger partial charge in [-0.15, -0.1) is 0 Å². The highest BCUT2D eigenvalue weighted by Gasteiger charge is 2.00. The van der Waals surface area contributed by atoms with E-state index < -0.39 is 0 Å². The highest BCUT2D eigenvalue weighted by atomic mass is 16.3. The Morgan fingerprint density at radius 2 is 2.31 bits per heavy atom. The quantitative estimate of drug-likeness (QED) is 0.726. The lowest BCUT2D eigenvalue weighted by Gasteiger charge is -1.90. The van der Waals surface area contributed by atoms with Crippen molar-refractivity contribution in [1.29, 1.82) is 0 Å². The summed E-state index contributed by atoms with van der Waals surface area (Å²) in [5.74, 6) is 0. The van der Waals surface area contributed by atoms with Crippen molar-refractivity contribution >= 4 is 11.0 Å². The fraction of sp³-hybridized carbons (Fsp3) is 0.300. The molecule has 0 bridgehead atoms. The standard InChI is InChI=1S/C10H12N2O/c1-7-4-8-5-9(2-3-13)12-10(8)11-6-7/h4-6,13H,2-3H2,1H3,(H,11,12). The molecule has 0 amide bonds. The molecule has 3 nitrogen and oxygen atoms in total. The average molecular weight is 176 g/mol. The van der Waals surface area contributed by atoms with Crippen LogP contribution in [0.15, 0.2) is 18.3 Å². The first-order valence-electron chi connectivity index (χ1n) is 4.34. The number of rotatable bonds is 2. The van der Waals surface area contributed by atoms with Gasteiger partial charge in [0.25, 0.3) is 0 Å². The lowest BCUT2D eigenvalue weighted by molar-refractivity contribution is 0.298. The monoisotopic (exact) mass is 176 g/mol. The Morgan fingerprint density at radius 1 is 1.46 bits per heavy atom. The Labute approximate surface area is 76.4 Å². The molecule has 2 heterocycles. The molecule has 0 fully saturated rings. The number of nitrogens with one attached hydrogen (secondary N) is 1. The molecule has 0 radical (unpaired) electrons. The van der Waals surface area contributed by atoms with Gasteiger partial charge in [0.05, 0.1) is 0 Å². The van der Waals surface area contributed by atoms with Crippen molar-refractivity contribution < 1.29 is 5.11 Å². The van der Waals surface area contributed by atoms with Crippen molar-refractivity contribution in [3.63, 3.8) is 0 Å². The zero-order valence-corrected chi connectivity index (χ0v) is 7.54. The van der Waals surface area contributed by atoms with E-state index in [1.807, 2.05) is 19.2 Å². The number of aromatic amines is 1. The van der Waals surface area contributed by atoms with Gasteiger partial charge in [0.1, 0.15) is 5.65 Å². The summed E-state index contributed by atoms with van der Waals surface area (Å²) in [7, 11) is 0. The number of nitrogens with zero attached hydrogens (tertiary/aromatic N) is 1. The molecular formula is C10H12N2O. The molecule has 0 aliphatic rings. The van der Waals surface area contributed by atoms with E-state index in [2.05, 4.69) is 16.0 Å². The Balaban J connectivity index is 2.49. The molecule has 2 N–H and O–H groups in total. The number of H-pyrrole nitrogens is 1. The van der Waals surface area contributed by atoms with Crippen LogP contribution in [0.25, 0.3) is 11.0 Å². The van der Waals surface area contributed by atoms with E-state index >= 15 is 0 Å². The molecule has 0 aliphatic carbocycles. The Hall–Kier alpha value is -1.35. The van der Waals surface area contributed by atoms with E-state index in [9.17, 15) is 0 Å². The third-order valence-electron chi connectivity index (χ3n) is 2.04. The molecule has 2 aromatic heterocycles. The molecule has 0 saturated carbocycles. The zero-order chi connectivity index (χ0) is 9.26. The van der Waals surface area contributed by atoms with Gasteiger partial charge >= 0.3 is 0 Å². The van der Waals surface area contributed by atoms with Gasteiger partial charge in [0.15, 0.2) is 0 Å². The van der Waals surface area contributed by atoms with Crippen LogP contribution < -0.4 is 0 Å². The number of pyridine rings is 1. The van der Waals surface area contributed by atoms with Gasteiger partial charge in [-0.25, -0.2) is 4.98 Å². The molecule has 0 aromatic carbocycles. The Morgan fingerprint density at radius 3 is 3.08 bits per heavy atom. The SMILES string of the molecule is Cc1cnc2[nH]c(CCO)cc2c1. The van der Waals surface area contributed by atoms with Gasteiger partial charge in [-0.3, -0.25) is 0 Å². The first kappa shape index (κ1) is 8.26. The van der Waals surface area contributed by atoms with Gasteiger partial charge in [0, 0.05) is 30.3 Å². The zero-order valence-electron chi connectivity index (χ0n) is 7.54. The summed E-state index contributed by atoms with van der Waals surface area (Å²) in [5.41, 5.74) is 3.09. The number of hydrogen-bond acceptors (Lipinski definition) is 2. The first-order chi connectivity index (χ1) is 6.29. The summed E-state index contributed by atoms with van der Waals surface area (Å²) in [5, 5.41) is 9.87. The predicted molar refractivity (Wildman–Crippen MR) is 51.6 cm³/mol. The van der Waals surface area contributed by atoms with E-state index in [1.54, 1.807) is 0 Å². The average Bonchev–Trinajstić information content (AvgIpc) is 2.46. The smallest absolute Gasteiger partial charge is 0.137 e. The molecule has 0 aliphatic heterocycles. The van der Waals surface area contributed by atoms with Crippen LogP contribution >= 0.6 is 0 Å². The van der Waals surface area contributed by atoms with Crippen LogP contribution in [0.4, 0.5) is 0 Å². The van der Waals surface area contributed by atoms with E-state index in [0.717, 1.165) is 22.3 Å². The largest absolute Gasteiger partial charge is 0.396 e. The fourth-order valence-corrected chi connectivity index (χ4v) is 1.44. The van der Waals surface area contributed by atoms with Crippen molar-refractivity contribution in [2.75, 3.05) is 6.61 Å². The molecule has 13 heavy (non-hydrogen) atoms. The topological polar surface area (TPSA) is 48.9 Å². The summed E-state index contributed by atoms with van der Waals surface area (Å²) in [6.45, 7) is 2.19. The molecule has 3 heteroatoms. The van der Waals surface area contributed by atoms with E-state index in [1.165, 1.54) is 0 Å². The molecule has 0 atom stereocenters. The number of aryl methyl sites for hydroxylation is 1. The summed E-state index contributed by atoms with van der Waals surface area (Å²) >= 11 is 0. The van der Waals surface area contributed by atoms with E-state index in [-0.39, 0.29) is 6.61 Å². The minimum absolute atomic E-state index is 0.172. The van der Waals surface area contributed by atoms with Crippen molar-refractivity contribution in [2.24, 2.45) is 0 Å². The highest BCUT2D eigenvalue weighted by molar-refractivity contribution is 5.76. The molecule has 2 rings (SSSR count). The van der Waals surface area contributed by atoms with Crippen molar-refractivity contribution in [3.8, 4) is 0 Å². The lowest BCUT2D eigenvalue weighted by atomic mass is 10.2. The molecule has 0 spiro atoms. The van der Waals surface area contributed by atoms with Crippen LogP contribution in [0.5, 0.6) is 0 Å². The Bertz CT molecular complexity index is 420. The van der Waals surface area contributed by atoms with Gasteiger partial charge in [-0.05, 0) is 24.6 Å². The number of aliphatic hydroxyl groups excluding tert-OH is 1. The van der Waals surface area contributed by atoms with Crippen LogP contribution in [-0.2, 0) is 6.42 Å². The maximum Gasteiger partial charge on any atom is 0.137 e. The van der Waals surface area contributed by atoms with Gasteiger partial charge in [-0.1, -0.05) is 0 Å². The second-order valence-electron chi connectivity index (χ2n) is 3.22. The molecule has 68 valence electrons. The van der Waals surface area contributed by atoms with E-state index in [0.29, 0.717) is 6.42 Å². The highest BCUT2D eigenvalue weighted by Crippen LogP contribution is 2.14. The van der Waals surface area contributed by atoms with Gasteiger partial charge in [-0.2, -0.15) is 0 Å². The number of fused-ring (bicyclic) bond motifs is 1. The summed E-state index contributed by atoms with van der Waals surface area (Å²) in [6, 6.07) is 4.12.